The Kier molecular flexibility index (Phi) is 6.55. The number of aliphatic hydroxyl groups is 1. The SMILES string of the molecule is O=C(NC(Cc1ccc(C(F)(F)F)cc1)C(O)c1ccc(F)cc1)c1cc(=O)cco1. The molecule has 3 aromatic rings. The Labute approximate surface area is 174 Å². The number of nitrogens with one attached hydrogen (secondary N) is 1. The molecule has 0 spiro atoms. The smallest absolute Gasteiger partial charge is 0.416 e. The van der Waals surface area contributed by atoms with Crippen LogP contribution in [0, 0.1) is 5.82 Å². The molecule has 2 unspecified atom stereocenters. The molecule has 0 radical (unpaired) electrons. The highest BCUT2D eigenvalue weighted by molar-refractivity contribution is 5.91. The summed E-state index contributed by atoms with van der Waals surface area (Å²) in [4.78, 5) is 24.0. The molecule has 5 nitrogen and oxygen atoms in total. The highest BCUT2D eigenvalue weighted by Crippen LogP contribution is 2.29. The maximum atomic E-state index is 13.2. The maximum absolute atomic E-state index is 13.2. The number of alkyl halides is 3. The normalized spacial score (nSPS) is 13.5. The molecule has 31 heavy (non-hydrogen) atoms. The molecule has 0 fully saturated rings. The Morgan fingerprint density at radius 3 is 2.26 bits per heavy atom. The number of rotatable bonds is 6. The lowest BCUT2D eigenvalue weighted by molar-refractivity contribution is -0.137. The molecule has 1 amide bonds. The summed E-state index contributed by atoms with van der Waals surface area (Å²) >= 11 is 0. The molecule has 2 aromatic carbocycles. The Morgan fingerprint density at radius 1 is 1.03 bits per heavy atom. The van der Waals surface area contributed by atoms with Crippen molar-refractivity contribution in [2.45, 2.75) is 24.7 Å². The number of amides is 1. The van der Waals surface area contributed by atoms with Gasteiger partial charge < -0.3 is 14.8 Å². The second-order valence-electron chi connectivity index (χ2n) is 6.81. The molecule has 162 valence electrons. The minimum absolute atomic E-state index is 0.0422. The summed E-state index contributed by atoms with van der Waals surface area (Å²) < 4.78 is 56.6. The highest BCUT2D eigenvalue weighted by Gasteiger charge is 2.30. The van der Waals surface area contributed by atoms with Crippen molar-refractivity contribution in [3.8, 4) is 0 Å². The van der Waals surface area contributed by atoms with Gasteiger partial charge >= 0.3 is 6.18 Å². The van der Waals surface area contributed by atoms with Crippen LogP contribution in [-0.2, 0) is 12.6 Å². The number of aliphatic hydroxyl groups excluding tert-OH is 1. The molecule has 2 N–H and O–H groups in total. The molecule has 1 aromatic heterocycles. The first kappa shape index (κ1) is 22.2. The molecule has 0 saturated carbocycles. The maximum Gasteiger partial charge on any atom is 0.416 e. The summed E-state index contributed by atoms with van der Waals surface area (Å²) in [6.45, 7) is 0. The van der Waals surface area contributed by atoms with Gasteiger partial charge in [0.25, 0.3) is 5.91 Å². The van der Waals surface area contributed by atoms with E-state index in [-0.39, 0.29) is 17.7 Å². The van der Waals surface area contributed by atoms with Gasteiger partial charge in [0.05, 0.1) is 24.0 Å². The fourth-order valence-electron chi connectivity index (χ4n) is 2.96. The zero-order valence-electron chi connectivity index (χ0n) is 15.9. The van der Waals surface area contributed by atoms with Gasteiger partial charge in [0.2, 0.25) is 0 Å². The standard InChI is InChI=1S/C22H17F4NO4/c23-16-7-3-14(4-8-16)20(29)18(27-21(30)19-12-17(28)9-10-31-19)11-13-1-5-15(6-2-13)22(24,25)26/h1-10,12,18,20,29H,11H2,(H,27,30). The van der Waals surface area contributed by atoms with Gasteiger partial charge in [0.15, 0.2) is 11.2 Å². The predicted molar refractivity (Wildman–Crippen MR) is 103 cm³/mol. The van der Waals surface area contributed by atoms with E-state index in [4.69, 9.17) is 4.42 Å². The monoisotopic (exact) mass is 435 g/mol. The van der Waals surface area contributed by atoms with Crippen LogP contribution >= 0.6 is 0 Å². The summed E-state index contributed by atoms with van der Waals surface area (Å²) in [5.74, 6) is -1.61. The number of benzene rings is 2. The van der Waals surface area contributed by atoms with Gasteiger partial charge in [0.1, 0.15) is 5.82 Å². The first-order valence-corrected chi connectivity index (χ1v) is 9.13. The van der Waals surface area contributed by atoms with Crippen LogP contribution in [0.4, 0.5) is 17.6 Å². The third kappa shape index (κ3) is 5.79. The largest absolute Gasteiger partial charge is 0.459 e. The minimum Gasteiger partial charge on any atom is -0.459 e. The molecule has 0 aliphatic heterocycles. The summed E-state index contributed by atoms with van der Waals surface area (Å²) in [6, 6.07) is 10.3. The number of halogens is 4. The lowest BCUT2D eigenvalue weighted by atomic mass is 9.95. The van der Waals surface area contributed by atoms with Crippen molar-refractivity contribution in [2.75, 3.05) is 0 Å². The summed E-state index contributed by atoms with van der Waals surface area (Å²) in [5.41, 5.74) is -0.598. The Bertz CT molecular complexity index is 1090. The van der Waals surface area contributed by atoms with Crippen LogP contribution in [0.15, 0.2) is 76.1 Å². The van der Waals surface area contributed by atoms with Crippen molar-refractivity contribution in [3.05, 3.63) is 105 Å². The molecule has 0 aliphatic rings. The van der Waals surface area contributed by atoms with E-state index in [0.717, 1.165) is 42.7 Å². The molecular formula is C22H17F4NO4. The van der Waals surface area contributed by atoms with Crippen molar-refractivity contribution >= 4 is 5.91 Å². The van der Waals surface area contributed by atoms with E-state index in [9.17, 15) is 32.3 Å². The van der Waals surface area contributed by atoms with Gasteiger partial charge in [-0.2, -0.15) is 13.2 Å². The van der Waals surface area contributed by atoms with Crippen LogP contribution in [-0.4, -0.2) is 17.1 Å². The number of carbonyl (C=O) groups excluding carboxylic acids is 1. The van der Waals surface area contributed by atoms with E-state index in [2.05, 4.69) is 5.32 Å². The summed E-state index contributed by atoms with van der Waals surface area (Å²) in [5, 5.41) is 13.3. The molecular weight excluding hydrogens is 418 g/mol. The molecule has 1 heterocycles. The lowest BCUT2D eigenvalue weighted by Gasteiger charge is -2.25. The first-order valence-electron chi connectivity index (χ1n) is 9.13. The van der Waals surface area contributed by atoms with Crippen LogP contribution in [0.5, 0.6) is 0 Å². The van der Waals surface area contributed by atoms with Gasteiger partial charge in [-0.05, 0) is 41.8 Å². The highest BCUT2D eigenvalue weighted by atomic mass is 19.4. The fourth-order valence-corrected chi connectivity index (χ4v) is 2.96. The quantitative estimate of drug-likeness (QED) is 0.576. The molecule has 3 rings (SSSR count). The minimum atomic E-state index is -4.50. The Balaban J connectivity index is 1.87. The molecule has 0 aliphatic carbocycles. The van der Waals surface area contributed by atoms with E-state index in [1.54, 1.807) is 0 Å². The average Bonchev–Trinajstić information content (AvgIpc) is 2.73. The van der Waals surface area contributed by atoms with Crippen molar-refractivity contribution in [2.24, 2.45) is 0 Å². The fraction of sp³-hybridized carbons (Fsp3) is 0.182. The number of hydrogen-bond acceptors (Lipinski definition) is 4. The van der Waals surface area contributed by atoms with Gasteiger partial charge in [-0.25, -0.2) is 4.39 Å². The van der Waals surface area contributed by atoms with Crippen molar-refractivity contribution in [3.63, 3.8) is 0 Å². The third-order valence-electron chi connectivity index (χ3n) is 4.57. The Morgan fingerprint density at radius 2 is 1.68 bits per heavy atom. The van der Waals surface area contributed by atoms with Crippen LogP contribution in [0.1, 0.15) is 33.3 Å². The summed E-state index contributed by atoms with van der Waals surface area (Å²) in [7, 11) is 0. The Hall–Kier alpha value is -3.46. The zero-order chi connectivity index (χ0) is 22.6. The van der Waals surface area contributed by atoms with E-state index in [0.29, 0.717) is 5.56 Å². The second-order valence-corrected chi connectivity index (χ2v) is 6.81. The average molecular weight is 435 g/mol. The predicted octanol–water partition coefficient (Wildman–Crippen LogP) is 3.87. The lowest BCUT2D eigenvalue weighted by Crippen LogP contribution is -2.41. The molecule has 2 atom stereocenters. The van der Waals surface area contributed by atoms with Crippen LogP contribution in [0.3, 0.4) is 0 Å². The first-order chi connectivity index (χ1) is 14.6. The van der Waals surface area contributed by atoms with Crippen LogP contribution < -0.4 is 10.7 Å². The van der Waals surface area contributed by atoms with Gasteiger partial charge in [-0.1, -0.05) is 24.3 Å². The van der Waals surface area contributed by atoms with E-state index < -0.39 is 41.0 Å². The molecule has 0 bridgehead atoms. The van der Waals surface area contributed by atoms with Gasteiger partial charge in [-0.3, -0.25) is 9.59 Å². The molecule has 9 heteroatoms. The van der Waals surface area contributed by atoms with E-state index in [1.165, 1.54) is 24.3 Å². The topological polar surface area (TPSA) is 79.5 Å². The second kappa shape index (κ2) is 9.13. The number of carbonyl (C=O) groups is 1. The van der Waals surface area contributed by atoms with Crippen LogP contribution in [0.2, 0.25) is 0 Å². The van der Waals surface area contributed by atoms with Gasteiger partial charge in [0, 0.05) is 12.1 Å². The third-order valence-corrected chi connectivity index (χ3v) is 4.57. The molecule has 0 saturated heterocycles. The van der Waals surface area contributed by atoms with E-state index >= 15 is 0 Å². The van der Waals surface area contributed by atoms with Crippen molar-refractivity contribution in [1.82, 2.24) is 5.32 Å². The van der Waals surface area contributed by atoms with Gasteiger partial charge in [-0.15, -0.1) is 0 Å². The van der Waals surface area contributed by atoms with Crippen molar-refractivity contribution in [1.29, 1.82) is 0 Å². The van der Waals surface area contributed by atoms with E-state index in [1.807, 2.05) is 0 Å². The summed E-state index contributed by atoms with van der Waals surface area (Å²) in [6.07, 6.45) is -4.81. The number of hydrogen-bond donors (Lipinski definition) is 2. The zero-order valence-corrected chi connectivity index (χ0v) is 15.9. The van der Waals surface area contributed by atoms with Crippen molar-refractivity contribution < 1.29 is 31.9 Å². The van der Waals surface area contributed by atoms with Crippen LogP contribution in [0.25, 0.3) is 0 Å².